The van der Waals surface area contributed by atoms with Crippen LogP contribution in [-0.4, -0.2) is 20.6 Å². The minimum Gasteiger partial charge on any atom is -0.470 e. The summed E-state index contributed by atoms with van der Waals surface area (Å²) in [6, 6.07) is 14.1. The van der Waals surface area contributed by atoms with Gasteiger partial charge >= 0.3 is 0 Å². The number of anilines is 1. The molecule has 132 valence electrons. The fourth-order valence-electron chi connectivity index (χ4n) is 2.11. The molecule has 0 spiro atoms. The highest BCUT2D eigenvalue weighted by molar-refractivity contribution is 6.32. The van der Waals surface area contributed by atoms with E-state index in [-0.39, 0.29) is 18.1 Å². The number of rotatable bonds is 6. The van der Waals surface area contributed by atoms with E-state index in [1.54, 1.807) is 30.5 Å². The predicted octanol–water partition coefficient (Wildman–Crippen LogP) is 3.73. The van der Waals surface area contributed by atoms with E-state index in [1.807, 2.05) is 0 Å². The van der Waals surface area contributed by atoms with Crippen LogP contribution in [0, 0.1) is 10.1 Å². The number of amides is 1. The van der Waals surface area contributed by atoms with Gasteiger partial charge in [-0.15, -0.1) is 0 Å². The molecular formula is C17H13ClN4O4. The van der Waals surface area contributed by atoms with Crippen molar-refractivity contribution in [2.45, 2.75) is 6.73 Å². The third-order valence-corrected chi connectivity index (χ3v) is 3.71. The van der Waals surface area contributed by atoms with Crippen molar-refractivity contribution in [3.05, 3.63) is 81.6 Å². The summed E-state index contributed by atoms with van der Waals surface area (Å²) in [7, 11) is 0. The number of carbonyl (C=O) groups is 1. The van der Waals surface area contributed by atoms with Crippen LogP contribution in [0.15, 0.2) is 60.8 Å². The molecule has 1 heterocycles. The zero-order valence-corrected chi connectivity index (χ0v) is 14.1. The van der Waals surface area contributed by atoms with Crippen molar-refractivity contribution in [3.63, 3.8) is 0 Å². The quantitative estimate of drug-likeness (QED) is 0.525. The van der Waals surface area contributed by atoms with Gasteiger partial charge in [-0.3, -0.25) is 14.9 Å². The van der Waals surface area contributed by atoms with Crippen molar-refractivity contribution in [1.29, 1.82) is 0 Å². The number of nitro benzene ring substituents is 1. The van der Waals surface area contributed by atoms with Gasteiger partial charge in [0.15, 0.2) is 12.4 Å². The molecule has 3 rings (SSSR count). The lowest BCUT2D eigenvalue weighted by atomic mass is 10.3. The Morgan fingerprint density at radius 3 is 2.62 bits per heavy atom. The van der Waals surface area contributed by atoms with Crippen molar-refractivity contribution in [1.82, 2.24) is 9.78 Å². The largest absolute Gasteiger partial charge is 0.470 e. The first-order valence-corrected chi connectivity index (χ1v) is 7.87. The molecular weight excluding hydrogens is 360 g/mol. The molecule has 3 aromatic rings. The average molecular weight is 373 g/mol. The second kappa shape index (κ2) is 7.66. The SMILES string of the molecule is O=C(Nc1ccc([N+](=O)[O-])cc1)c1ccn(COc2ccccc2Cl)n1. The van der Waals surface area contributed by atoms with Gasteiger partial charge in [-0.1, -0.05) is 23.7 Å². The van der Waals surface area contributed by atoms with Crippen LogP contribution in [0.4, 0.5) is 11.4 Å². The summed E-state index contributed by atoms with van der Waals surface area (Å²) < 4.78 is 7.00. The van der Waals surface area contributed by atoms with E-state index in [9.17, 15) is 14.9 Å². The number of carbonyl (C=O) groups excluding carboxylic acids is 1. The zero-order valence-electron chi connectivity index (χ0n) is 13.3. The number of aromatic nitrogens is 2. The number of nitrogens with zero attached hydrogens (tertiary/aromatic N) is 3. The summed E-state index contributed by atoms with van der Waals surface area (Å²) in [4.78, 5) is 22.3. The topological polar surface area (TPSA) is 99.3 Å². The Hall–Kier alpha value is -3.39. The van der Waals surface area contributed by atoms with Gasteiger partial charge in [0, 0.05) is 24.0 Å². The lowest BCUT2D eigenvalue weighted by molar-refractivity contribution is -0.384. The van der Waals surface area contributed by atoms with Gasteiger partial charge in [0.05, 0.1) is 9.95 Å². The molecule has 9 heteroatoms. The number of nitrogens with one attached hydrogen (secondary N) is 1. The summed E-state index contributed by atoms with van der Waals surface area (Å²) in [6.07, 6.45) is 1.60. The molecule has 1 amide bonds. The number of hydrogen-bond donors (Lipinski definition) is 1. The molecule has 8 nitrogen and oxygen atoms in total. The van der Waals surface area contributed by atoms with Gasteiger partial charge in [-0.25, -0.2) is 4.68 Å². The predicted molar refractivity (Wildman–Crippen MR) is 95.4 cm³/mol. The summed E-state index contributed by atoms with van der Waals surface area (Å²) in [5, 5.41) is 17.9. The molecule has 0 saturated heterocycles. The molecule has 0 radical (unpaired) electrons. The Kier molecular flexibility index (Phi) is 5.14. The van der Waals surface area contributed by atoms with Crippen molar-refractivity contribution < 1.29 is 14.5 Å². The average Bonchev–Trinajstić information content (AvgIpc) is 3.11. The monoisotopic (exact) mass is 372 g/mol. The minimum atomic E-state index is -0.508. The molecule has 0 aliphatic rings. The Morgan fingerprint density at radius 2 is 1.92 bits per heavy atom. The van der Waals surface area contributed by atoms with Crippen LogP contribution in [0.5, 0.6) is 5.75 Å². The Balaban J connectivity index is 1.60. The van der Waals surface area contributed by atoms with Gasteiger partial charge in [0.1, 0.15) is 5.75 Å². The molecule has 0 aliphatic heterocycles. The van der Waals surface area contributed by atoms with Gasteiger partial charge in [-0.2, -0.15) is 5.10 Å². The maximum Gasteiger partial charge on any atom is 0.276 e. The molecule has 0 saturated carbocycles. The number of hydrogen-bond acceptors (Lipinski definition) is 5. The Morgan fingerprint density at radius 1 is 1.19 bits per heavy atom. The minimum absolute atomic E-state index is 0.0519. The van der Waals surface area contributed by atoms with Crippen LogP contribution in [-0.2, 0) is 6.73 Å². The fraction of sp³-hybridized carbons (Fsp3) is 0.0588. The summed E-state index contributed by atoms with van der Waals surface area (Å²) in [5.41, 5.74) is 0.567. The lowest BCUT2D eigenvalue weighted by Gasteiger charge is -2.07. The highest BCUT2D eigenvalue weighted by Gasteiger charge is 2.11. The summed E-state index contributed by atoms with van der Waals surface area (Å²) in [6.45, 7) is 0.0918. The van der Waals surface area contributed by atoms with Crippen molar-refractivity contribution in [2.24, 2.45) is 0 Å². The third-order valence-electron chi connectivity index (χ3n) is 3.40. The molecule has 1 N–H and O–H groups in total. The van der Waals surface area contributed by atoms with E-state index in [0.717, 1.165) is 0 Å². The fourth-order valence-corrected chi connectivity index (χ4v) is 2.30. The second-order valence-corrected chi connectivity index (χ2v) is 5.61. The van der Waals surface area contributed by atoms with E-state index in [4.69, 9.17) is 16.3 Å². The summed E-state index contributed by atoms with van der Waals surface area (Å²) >= 11 is 6.01. The lowest BCUT2D eigenvalue weighted by Crippen LogP contribution is -2.14. The normalized spacial score (nSPS) is 10.3. The number of benzene rings is 2. The molecule has 1 aromatic heterocycles. The van der Waals surface area contributed by atoms with Crippen LogP contribution in [0.3, 0.4) is 0 Å². The Bertz CT molecular complexity index is 940. The van der Waals surface area contributed by atoms with Crippen molar-refractivity contribution in [2.75, 3.05) is 5.32 Å². The third kappa shape index (κ3) is 4.17. The van der Waals surface area contributed by atoms with Crippen LogP contribution >= 0.6 is 11.6 Å². The van der Waals surface area contributed by atoms with E-state index < -0.39 is 10.8 Å². The van der Waals surface area contributed by atoms with E-state index in [2.05, 4.69) is 10.4 Å². The standard InChI is InChI=1S/C17H13ClN4O4/c18-14-3-1-2-4-16(14)26-11-21-10-9-15(20-21)17(23)19-12-5-7-13(8-6-12)22(24)25/h1-10H,11H2,(H,19,23). The number of non-ortho nitro benzene ring substituents is 1. The molecule has 0 unspecified atom stereocenters. The molecule has 0 bridgehead atoms. The Labute approximate surface area is 153 Å². The van der Waals surface area contributed by atoms with E-state index in [1.165, 1.54) is 35.0 Å². The molecule has 26 heavy (non-hydrogen) atoms. The number of para-hydroxylation sites is 1. The van der Waals surface area contributed by atoms with Crippen molar-refractivity contribution >= 4 is 28.9 Å². The molecule has 0 fully saturated rings. The van der Waals surface area contributed by atoms with E-state index in [0.29, 0.717) is 16.5 Å². The van der Waals surface area contributed by atoms with Gasteiger partial charge in [-0.05, 0) is 30.3 Å². The summed E-state index contributed by atoms with van der Waals surface area (Å²) in [5.74, 6) is 0.0805. The highest BCUT2D eigenvalue weighted by atomic mass is 35.5. The van der Waals surface area contributed by atoms with Gasteiger partial charge < -0.3 is 10.1 Å². The second-order valence-electron chi connectivity index (χ2n) is 5.20. The number of halogens is 1. The maximum atomic E-state index is 12.2. The van der Waals surface area contributed by atoms with Crippen LogP contribution in [0.1, 0.15) is 10.5 Å². The van der Waals surface area contributed by atoms with Crippen molar-refractivity contribution in [3.8, 4) is 5.75 Å². The number of nitro groups is 1. The first-order chi connectivity index (χ1) is 12.5. The zero-order chi connectivity index (χ0) is 18.5. The first-order valence-electron chi connectivity index (χ1n) is 7.49. The first kappa shape index (κ1) is 17.4. The van der Waals surface area contributed by atoms with Crippen LogP contribution < -0.4 is 10.1 Å². The maximum absolute atomic E-state index is 12.2. The van der Waals surface area contributed by atoms with E-state index >= 15 is 0 Å². The highest BCUT2D eigenvalue weighted by Crippen LogP contribution is 2.23. The van der Waals surface area contributed by atoms with Gasteiger partial charge in [0.2, 0.25) is 0 Å². The molecule has 2 aromatic carbocycles. The van der Waals surface area contributed by atoms with Crippen LogP contribution in [0.25, 0.3) is 0 Å². The number of ether oxygens (including phenoxy) is 1. The molecule has 0 aliphatic carbocycles. The molecule has 0 atom stereocenters. The van der Waals surface area contributed by atoms with Gasteiger partial charge in [0.25, 0.3) is 11.6 Å². The van der Waals surface area contributed by atoms with Crippen LogP contribution in [0.2, 0.25) is 5.02 Å². The smallest absolute Gasteiger partial charge is 0.276 e.